The topological polar surface area (TPSA) is 81.4 Å². The van der Waals surface area contributed by atoms with E-state index >= 15 is 0 Å². The molecule has 0 spiro atoms. The maximum atomic E-state index is 11.5. The summed E-state index contributed by atoms with van der Waals surface area (Å²) in [5.74, 6) is 2.83. The number of esters is 1. The van der Waals surface area contributed by atoms with Crippen LogP contribution in [0.3, 0.4) is 0 Å². The van der Waals surface area contributed by atoms with Crippen LogP contribution in [0.5, 0.6) is 11.5 Å². The van der Waals surface area contributed by atoms with E-state index in [4.69, 9.17) is 18.6 Å². The molecule has 0 saturated heterocycles. The molecular weight excluding hydrogens is 362 g/mol. The quantitative estimate of drug-likeness (QED) is 0.626. The summed E-state index contributed by atoms with van der Waals surface area (Å²) in [6, 6.07) is 9.64. The van der Waals surface area contributed by atoms with Crippen LogP contribution < -0.4 is 9.47 Å². The minimum absolute atomic E-state index is 0.0202. The van der Waals surface area contributed by atoms with E-state index in [1.54, 1.807) is 0 Å². The Morgan fingerprint density at radius 2 is 2.04 bits per heavy atom. The fourth-order valence-corrected chi connectivity index (χ4v) is 3.09. The van der Waals surface area contributed by atoms with Crippen LogP contribution in [0.4, 0.5) is 0 Å². The third-order valence-electron chi connectivity index (χ3n) is 4.38. The molecule has 28 heavy (non-hydrogen) atoms. The fraction of sp³-hybridized carbons (Fsp3) is 0.476. The van der Waals surface area contributed by atoms with E-state index < -0.39 is 6.10 Å². The van der Waals surface area contributed by atoms with Gasteiger partial charge in [0.25, 0.3) is 0 Å². The van der Waals surface area contributed by atoms with Crippen LogP contribution >= 0.6 is 0 Å². The standard InChI is InChI=1S/C21H27NO6/c1-3-4-21(24)25-13-17(23)11-22(12-18-7-5-15(2)28-18)10-16-6-8-19-20(9-16)27-14-26-19/h5-9,17,23H,3-4,10-14H2,1-2H3. The van der Waals surface area contributed by atoms with Crippen molar-refractivity contribution in [1.29, 1.82) is 0 Å². The van der Waals surface area contributed by atoms with E-state index in [9.17, 15) is 9.90 Å². The average molecular weight is 389 g/mol. The Kier molecular flexibility index (Phi) is 6.95. The van der Waals surface area contributed by atoms with Crippen LogP contribution in [-0.2, 0) is 22.6 Å². The first kappa shape index (κ1) is 20.2. The number of furan rings is 1. The van der Waals surface area contributed by atoms with Gasteiger partial charge in [0.15, 0.2) is 11.5 Å². The van der Waals surface area contributed by atoms with Gasteiger partial charge in [-0.2, -0.15) is 0 Å². The number of carbonyl (C=O) groups excluding carboxylic acids is 1. The number of hydrogen-bond donors (Lipinski definition) is 1. The number of ether oxygens (including phenoxy) is 3. The molecule has 0 aliphatic carbocycles. The Bertz CT molecular complexity index is 787. The molecule has 2 aromatic rings. The lowest BCUT2D eigenvalue weighted by Gasteiger charge is -2.24. The zero-order chi connectivity index (χ0) is 19.9. The smallest absolute Gasteiger partial charge is 0.305 e. The molecule has 1 aromatic heterocycles. The molecular formula is C21H27NO6. The average Bonchev–Trinajstić information content (AvgIpc) is 3.28. The molecule has 1 atom stereocenters. The van der Waals surface area contributed by atoms with Gasteiger partial charge in [-0.3, -0.25) is 9.69 Å². The highest BCUT2D eigenvalue weighted by Crippen LogP contribution is 2.33. The first-order valence-corrected chi connectivity index (χ1v) is 9.53. The Morgan fingerprint density at radius 3 is 2.79 bits per heavy atom. The second-order valence-electron chi connectivity index (χ2n) is 6.96. The third-order valence-corrected chi connectivity index (χ3v) is 4.38. The highest BCUT2D eigenvalue weighted by atomic mass is 16.7. The van der Waals surface area contributed by atoms with Crippen molar-refractivity contribution in [2.45, 2.75) is 45.9 Å². The monoisotopic (exact) mass is 389 g/mol. The van der Waals surface area contributed by atoms with Gasteiger partial charge in [-0.25, -0.2) is 0 Å². The maximum Gasteiger partial charge on any atom is 0.305 e. The van der Waals surface area contributed by atoms with Crippen molar-refractivity contribution in [2.24, 2.45) is 0 Å². The van der Waals surface area contributed by atoms with Gasteiger partial charge < -0.3 is 23.7 Å². The van der Waals surface area contributed by atoms with Crippen molar-refractivity contribution in [1.82, 2.24) is 4.90 Å². The van der Waals surface area contributed by atoms with Crippen molar-refractivity contribution in [3.63, 3.8) is 0 Å². The van der Waals surface area contributed by atoms with Crippen LogP contribution in [0.2, 0.25) is 0 Å². The van der Waals surface area contributed by atoms with Crippen LogP contribution in [0.1, 0.15) is 36.8 Å². The summed E-state index contributed by atoms with van der Waals surface area (Å²) in [6.45, 7) is 5.47. The Labute approximate surface area is 164 Å². The van der Waals surface area contributed by atoms with Gasteiger partial charge in [-0.15, -0.1) is 0 Å². The summed E-state index contributed by atoms with van der Waals surface area (Å²) >= 11 is 0. The minimum Gasteiger partial charge on any atom is -0.465 e. The van der Waals surface area contributed by atoms with Crippen molar-refractivity contribution in [3.05, 3.63) is 47.4 Å². The fourth-order valence-electron chi connectivity index (χ4n) is 3.09. The largest absolute Gasteiger partial charge is 0.465 e. The van der Waals surface area contributed by atoms with Crippen molar-refractivity contribution in [3.8, 4) is 11.5 Å². The lowest BCUT2D eigenvalue weighted by Crippen LogP contribution is -2.34. The van der Waals surface area contributed by atoms with Gasteiger partial charge >= 0.3 is 5.97 Å². The summed E-state index contributed by atoms with van der Waals surface area (Å²) in [4.78, 5) is 13.6. The Morgan fingerprint density at radius 1 is 1.21 bits per heavy atom. The first-order valence-electron chi connectivity index (χ1n) is 9.53. The molecule has 0 saturated carbocycles. The molecule has 0 bridgehead atoms. The number of hydrogen-bond acceptors (Lipinski definition) is 7. The molecule has 2 heterocycles. The summed E-state index contributed by atoms with van der Waals surface area (Å²) in [5.41, 5.74) is 1.03. The summed E-state index contributed by atoms with van der Waals surface area (Å²) in [6.07, 6.45) is 0.299. The molecule has 1 aliphatic heterocycles. The zero-order valence-corrected chi connectivity index (χ0v) is 16.3. The Balaban J connectivity index is 1.63. The predicted molar refractivity (Wildman–Crippen MR) is 102 cm³/mol. The molecule has 1 N–H and O–H groups in total. The van der Waals surface area contributed by atoms with Crippen LogP contribution in [0.25, 0.3) is 0 Å². The van der Waals surface area contributed by atoms with E-state index in [-0.39, 0.29) is 19.4 Å². The molecule has 1 unspecified atom stereocenters. The Hall–Kier alpha value is -2.51. The van der Waals surface area contributed by atoms with Gasteiger partial charge in [-0.1, -0.05) is 13.0 Å². The number of carbonyl (C=O) groups is 1. The SMILES string of the molecule is CCCC(=O)OCC(O)CN(Cc1ccc2c(c1)OCO2)Cc1ccc(C)o1. The van der Waals surface area contributed by atoms with Crippen LogP contribution in [-0.4, -0.2) is 42.0 Å². The molecule has 3 rings (SSSR count). The number of rotatable bonds is 10. The summed E-state index contributed by atoms with van der Waals surface area (Å²) in [7, 11) is 0. The predicted octanol–water partition coefficient (Wildman–Crippen LogP) is 3.02. The van der Waals surface area contributed by atoms with E-state index in [1.165, 1.54) is 0 Å². The first-order chi connectivity index (χ1) is 13.5. The number of nitrogens with zero attached hydrogens (tertiary/aromatic N) is 1. The molecule has 1 aliphatic rings. The van der Waals surface area contributed by atoms with Gasteiger partial charge in [0, 0.05) is 19.5 Å². The van der Waals surface area contributed by atoms with Gasteiger partial charge in [-0.05, 0) is 43.2 Å². The van der Waals surface area contributed by atoms with Crippen molar-refractivity contribution in [2.75, 3.05) is 19.9 Å². The van der Waals surface area contributed by atoms with Gasteiger partial charge in [0.2, 0.25) is 6.79 Å². The molecule has 152 valence electrons. The van der Waals surface area contributed by atoms with E-state index in [0.717, 1.165) is 35.0 Å². The molecule has 1 aromatic carbocycles. The zero-order valence-electron chi connectivity index (χ0n) is 16.3. The molecule has 7 nitrogen and oxygen atoms in total. The highest BCUT2D eigenvalue weighted by molar-refractivity contribution is 5.69. The van der Waals surface area contributed by atoms with Crippen LogP contribution in [0, 0.1) is 6.92 Å². The lowest BCUT2D eigenvalue weighted by atomic mass is 10.1. The molecule has 0 fully saturated rings. The van der Waals surface area contributed by atoms with Gasteiger partial charge in [0.1, 0.15) is 24.2 Å². The summed E-state index contributed by atoms with van der Waals surface area (Å²) in [5, 5.41) is 10.4. The van der Waals surface area contributed by atoms with Crippen molar-refractivity contribution >= 4 is 5.97 Å². The van der Waals surface area contributed by atoms with Crippen LogP contribution in [0.15, 0.2) is 34.7 Å². The second-order valence-corrected chi connectivity index (χ2v) is 6.96. The molecule has 0 amide bonds. The van der Waals surface area contributed by atoms with E-state index in [0.29, 0.717) is 26.1 Å². The minimum atomic E-state index is -0.786. The van der Waals surface area contributed by atoms with E-state index in [2.05, 4.69) is 0 Å². The molecule has 7 heteroatoms. The van der Waals surface area contributed by atoms with E-state index in [1.807, 2.05) is 49.1 Å². The van der Waals surface area contributed by atoms with Gasteiger partial charge in [0.05, 0.1) is 6.54 Å². The maximum absolute atomic E-state index is 11.5. The van der Waals surface area contributed by atoms with Crippen molar-refractivity contribution < 1.29 is 28.5 Å². The third kappa shape index (κ3) is 5.74. The number of aliphatic hydroxyl groups is 1. The molecule has 0 radical (unpaired) electrons. The number of fused-ring (bicyclic) bond motifs is 1. The normalized spacial score (nSPS) is 13.7. The highest BCUT2D eigenvalue weighted by Gasteiger charge is 2.18. The second kappa shape index (κ2) is 9.61. The number of aryl methyl sites for hydroxylation is 1. The summed E-state index contributed by atoms with van der Waals surface area (Å²) < 4.78 is 21.6. The number of benzene rings is 1. The number of aliphatic hydroxyl groups excluding tert-OH is 1. The lowest BCUT2D eigenvalue weighted by molar-refractivity contribution is -0.147.